The van der Waals surface area contributed by atoms with E-state index in [1.807, 2.05) is 35.2 Å². The number of nitrogens with zero attached hydrogens (tertiary/aromatic N) is 1. The van der Waals surface area contributed by atoms with Gasteiger partial charge in [0, 0.05) is 19.7 Å². The van der Waals surface area contributed by atoms with E-state index in [2.05, 4.69) is 0 Å². The molecule has 1 aromatic rings. The minimum absolute atomic E-state index is 0.367. The van der Waals surface area contributed by atoms with Crippen molar-refractivity contribution < 1.29 is 14.2 Å². The van der Waals surface area contributed by atoms with Crippen LogP contribution >= 0.6 is 0 Å². The number of rotatable bonds is 7. The van der Waals surface area contributed by atoms with Gasteiger partial charge in [0.15, 0.2) is 0 Å². The number of hydrogen-bond donors (Lipinski definition) is 1. The fourth-order valence-electron chi connectivity index (χ4n) is 2.31. The Bertz CT molecular complexity index is 350. The molecular weight excluding hydrogens is 245 g/mol. The van der Waals surface area contributed by atoms with Gasteiger partial charge in [-0.1, -0.05) is 30.3 Å². The Morgan fingerprint density at radius 2 is 2.00 bits per heavy atom. The average molecular weight is 267 g/mol. The van der Waals surface area contributed by atoms with Crippen LogP contribution < -0.4 is 0 Å². The summed E-state index contributed by atoms with van der Waals surface area (Å²) in [5.74, 6) is 0. The minimum atomic E-state index is -1.07. The molecule has 106 valence electrons. The molecule has 0 spiro atoms. The minimum Gasteiger partial charge on any atom is -0.389 e. The predicted octanol–water partition coefficient (Wildman–Crippen LogP) is 2.00. The Labute approximate surface area is 114 Å². The van der Waals surface area contributed by atoms with Crippen LogP contribution in [0.15, 0.2) is 30.3 Å². The zero-order valence-electron chi connectivity index (χ0n) is 11.2. The molecule has 0 radical (unpaired) electrons. The van der Waals surface area contributed by atoms with Crippen molar-refractivity contribution in [2.75, 3.05) is 26.2 Å². The number of aliphatic hydroxyl groups is 1. The highest BCUT2D eigenvalue weighted by Gasteiger charge is 2.30. The van der Waals surface area contributed by atoms with Gasteiger partial charge in [0.25, 0.3) is 0 Å². The van der Waals surface area contributed by atoms with Crippen LogP contribution in [0, 0.1) is 0 Å². The quantitative estimate of drug-likeness (QED) is 0.767. The van der Waals surface area contributed by atoms with Crippen LogP contribution in [0.4, 0.5) is 4.39 Å². The van der Waals surface area contributed by atoms with E-state index in [0.29, 0.717) is 19.7 Å². The molecule has 2 rings (SSSR count). The highest BCUT2D eigenvalue weighted by molar-refractivity contribution is 5.13. The summed E-state index contributed by atoms with van der Waals surface area (Å²) in [6, 6.07) is 10.1. The van der Waals surface area contributed by atoms with Crippen LogP contribution in [-0.2, 0) is 11.3 Å². The van der Waals surface area contributed by atoms with Crippen molar-refractivity contribution in [2.45, 2.75) is 31.7 Å². The first-order valence-electron chi connectivity index (χ1n) is 6.92. The van der Waals surface area contributed by atoms with Crippen molar-refractivity contribution >= 4 is 0 Å². The van der Waals surface area contributed by atoms with Crippen molar-refractivity contribution in [1.82, 2.24) is 4.90 Å². The second kappa shape index (κ2) is 7.58. The first kappa shape index (κ1) is 14.4. The number of halogens is 1. The summed E-state index contributed by atoms with van der Waals surface area (Å²) in [6.07, 6.45) is 0.0774. The lowest BCUT2D eigenvalue weighted by atomic mass is 10.2. The van der Waals surface area contributed by atoms with E-state index in [-0.39, 0.29) is 0 Å². The van der Waals surface area contributed by atoms with Crippen molar-refractivity contribution in [1.29, 1.82) is 0 Å². The molecule has 0 saturated carbocycles. The van der Waals surface area contributed by atoms with Gasteiger partial charge in [-0.15, -0.1) is 0 Å². The van der Waals surface area contributed by atoms with E-state index in [9.17, 15) is 9.50 Å². The van der Waals surface area contributed by atoms with Crippen molar-refractivity contribution in [3.63, 3.8) is 0 Å². The molecule has 0 aliphatic carbocycles. The third-order valence-electron chi connectivity index (χ3n) is 3.42. The van der Waals surface area contributed by atoms with E-state index in [1.165, 1.54) is 5.56 Å². The van der Waals surface area contributed by atoms with Gasteiger partial charge in [0.05, 0.1) is 12.7 Å². The number of likely N-dealkylation sites (tertiary alicyclic amines) is 1. The van der Waals surface area contributed by atoms with Crippen molar-refractivity contribution in [2.24, 2.45) is 0 Å². The molecule has 19 heavy (non-hydrogen) atoms. The predicted molar refractivity (Wildman–Crippen MR) is 72.7 cm³/mol. The second-order valence-electron chi connectivity index (χ2n) is 5.09. The van der Waals surface area contributed by atoms with Crippen molar-refractivity contribution in [3.05, 3.63) is 35.9 Å². The van der Waals surface area contributed by atoms with Crippen LogP contribution in [-0.4, -0.2) is 48.5 Å². The summed E-state index contributed by atoms with van der Waals surface area (Å²) >= 11 is 0. The molecule has 3 nitrogen and oxygen atoms in total. The van der Waals surface area contributed by atoms with Crippen LogP contribution in [0.3, 0.4) is 0 Å². The van der Waals surface area contributed by atoms with E-state index in [0.717, 1.165) is 26.0 Å². The maximum absolute atomic E-state index is 13.1. The monoisotopic (exact) mass is 267 g/mol. The Hall–Kier alpha value is -0.970. The fourth-order valence-corrected chi connectivity index (χ4v) is 2.31. The second-order valence-corrected chi connectivity index (χ2v) is 5.09. The van der Waals surface area contributed by atoms with Gasteiger partial charge < -0.3 is 9.84 Å². The molecule has 0 bridgehead atoms. The van der Waals surface area contributed by atoms with Gasteiger partial charge in [-0.3, -0.25) is 4.90 Å². The number of benzene rings is 1. The van der Waals surface area contributed by atoms with Gasteiger partial charge in [0.2, 0.25) is 0 Å². The number of unbranched alkanes of at least 4 members (excludes halogenated alkanes) is 1. The highest BCUT2D eigenvalue weighted by atomic mass is 19.1. The largest absolute Gasteiger partial charge is 0.389 e. The van der Waals surface area contributed by atoms with Crippen LogP contribution in [0.5, 0.6) is 0 Å². The Morgan fingerprint density at radius 1 is 1.21 bits per heavy atom. The molecule has 2 atom stereocenters. The van der Waals surface area contributed by atoms with E-state index in [1.54, 1.807) is 0 Å². The molecule has 1 saturated heterocycles. The first-order valence-corrected chi connectivity index (χ1v) is 6.92. The van der Waals surface area contributed by atoms with Gasteiger partial charge >= 0.3 is 0 Å². The molecule has 0 amide bonds. The molecule has 1 aliphatic heterocycles. The summed E-state index contributed by atoms with van der Waals surface area (Å²) in [6.45, 7) is 3.05. The molecule has 0 unspecified atom stereocenters. The zero-order valence-corrected chi connectivity index (χ0v) is 11.2. The number of alkyl halides is 1. The molecule has 4 heteroatoms. The van der Waals surface area contributed by atoms with E-state index in [4.69, 9.17) is 4.74 Å². The van der Waals surface area contributed by atoms with E-state index >= 15 is 0 Å². The standard InChI is InChI=1S/C15H22FNO2/c16-14-10-17(11-15(14)18)8-4-5-9-19-12-13-6-2-1-3-7-13/h1-3,6-7,14-15,18H,4-5,8-12H2/t14-,15-/m1/s1. The third-order valence-corrected chi connectivity index (χ3v) is 3.42. The molecule has 0 aromatic heterocycles. The maximum Gasteiger partial charge on any atom is 0.140 e. The van der Waals surface area contributed by atoms with Gasteiger partial charge in [-0.25, -0.2) is 4.39 Å². The molecule has 1 fully saturated rings. The Balaban J connectivity index is 1.49. The number of ether oxygens (including phenoxy) is 1. The zero-order chi connectivity index (χ0) is 13.5. The summed E-state index contributed by atoms with van der Waals surface area (Å²) in [5.41, 5.74) is 1.19. The Morgan fingerprint density at radius 3 is 2.68 bits per heavy atom. The summed E-state index contributed by atoms with van der Waals surface area (Å²) in [5, 5.41) is 9.29. The topological polar surface area (TPSA) is 32.7 Å². The molecule has 1 aliphatic rings. The summed E-state index contributed by atoms with van der Waals surface area (Å²) < 4.78 is 18.7. The molecule has 1 aromatic carbocycles. The van der Waals surface area contributed by atoms with E-state index < -0.39 is 12.3 Å². The lowest BCUT2D eigenvalue weighted by Crippen LogP contribution is -2.23. The SMILES string of the molecule is O[C@@H]1CN(CCCCOCc2ccccc2)C[C@H]1F. The van der Waals surface area contributed by atoms with Gasteiger partial charge in [0.1, 0.15) is 6.17 Å². The number of hydrogen-bond acceptors (Lipinski definition) is 3. The van der Waals surface area contributed by atoms with Crippen LogP contribution in [0.2, 0.25) is 0 Å². The smallest absolute Gasteiger partial charge is 0.140 e. The molecule has 1 heterocycles. The molecule has 1 N–H and O–H groups in total. The normalized spacial score (nSPS) is 23.9. The molecular formula is C15H22FNO2. The summed E-state index contributed by atoms with van der Waals surface area (Å²) in [7, 11) is 0. The third kappa shape index (κ3) is 4.90. The lowest BCUT2D eigenvalue weighted by Gasteiger charge is -2.13. The van der Waals surface area contributed by atoms with Crippen LogP contribution in [0.1, 0.15) is 18.4 Å². The number of aliphatic hydroxyl groups excluding tert-OH is 1. The van der Waals surface area contributed by atoms with Crippen molar-refractivity contribution in [3.8, 4) is 0 Å². The lowest BCUT2D eigenvalue weighted by molar-refractivity contribution is 0.112. The fraction of sp³-hybridized carbons (Fsp3) is 0.600. The van der Waals surface area contributed by atoms with Crippen LogP contribution in [0.25, 0.3) is 0 Å². The highest BCUT2D eigenvalue weighted by Crippen LogP contribution is 2.13. The first-order chi connectivity index (χ1) is 9.25. The average Bonchev–Trinajstić information content (AvgIpc) is 2.74. The van der Waals surface area contributed by atoms with Gasteiger partial charge in [-0.2, -0.15) is 0 Å². The Kier molecular flexibility index (Phi) is 5.76. The number of β-amino-alcohol motifs (C(OH)–C–C–N with tert-alkyl or cyclic N) is 1. The van der Waals surface area contributed by atoms with Gasteiger partial charge in [-0.05, 0) is 24.9 Å². The maximum atomic E-state index is 13.1. The summed E-state index contributed by atoms with van der Waals surface area (Å²) in [4.78, 5) is 1.98.